The van der Waals surface area contributed by atoms with Crippen LogP contribution in [0.3, 0.4) is 0 Å². The molecule has 0 heterocycles. The summed E-state index contributed by atoms with van der Waals surface area (Å²) < 4.78 is 11.3. The summed E-state index contributed by atoms with van der Waals surface area (Å²) in [5, 5.41) is 8.95. The quantitative estimate of drug-likeness (QED) is 0.357. The predicted octanol–water partition coefficient (Wildman–Crippen LogP) is 5.18. The first-order valence-electron chi connectivity index (χ1n) is 9.13. The zero-order valence-electron chi connectivity index (χ0n) is 16.0. The molecule has 0 spiro atoms. The molecule has 2 aromatic rings. The van der Waals surface area contributed by atoms with Crippen molar-refractivity contribution in [1.29, 1.82) is 5.26 Å². The van der Waals surface area contributed by atoms with Gasteiger partial charge in [-0.1, -0.05) is 50.3 Å². The van der Waals surface area contributed by atoms with Crippen LogP contribution < -0.4 is 4.74 Å². The Kier molecular flexibility index (Phi) is 6.05. The van der Waals surface area contributed by atoms with Gasteiger partial charge in [-0.25, -0.2) is 0 Å². The first-order chi connectivity index (χ1) is 13.8. The Morgan fingerprint density at radius 3 is 2.48 bits per heavy atom. The van der Waals surface area contributed by atoms with E-state index >= 15 is 0 Å². The minimum atomic E-state index is -1.06. The third-order valence-corrected chi connectivity index (χ3v) is 5.22. The van der Waals surface area contributed by atoms with Gasteiger partial charge < -0.3 is 9.47 Å². The summed E-state index contributed by atoms with van der Waals surface area (Å²) in [4.78, 5) is 23.6. The van der Waals surface area contributed by atoms with Crippen molar-refractivity contribution in [1.82, 2.24) is 0 Å². The SMILES string of the molecule is CC1(C)[C@H](C(=O)O[C@H](C#N)c2cccc(Oc3ccccc3)c2)[C@@H]1C=CC(=O)Cl. The maximum Gasteiger partial charge on any atom is 0.311 e. The number of rotatable bonds is 7. The molecule has 1 aliphatic carbocycles. The van der Waals surface area contributed by atoms with E-state index < -0.39 is 23.2 Å². The monoisotopic (exact) mass is 409 g/mol. The van der Waals surface area contributed by atoms with Crippen LogP contribution in [0.15, 0.2) is 66.7 Å². The van der Waals surface area contributed by atoms with E-state index in [0.717, 1.165) is 0 Å². The van der Waals surface area contributed by atoms with Crippen LogP contribution in [-0.4, -0.2) is 11.2 Å². The first-order valence-corrected chi connectivity index (χ1v) is 9.51. The van der Waals surface area contributed by atoms with Crippen molar-refractivity contribution in [3.8, 4) is 17.6 Å². The highest BCUT2D eigenvalue weighted by Crippen LogP contribution is 2.59. The van der Waals surface area contributed by atoms with E-state index in [0.29, 0.717) is 17.1 Å². The number of allylic oxidation sites excluding steroid dienone is 2. The van der Waals surface area contributed by atoms with Crippen molar-refractivity contribution in [3.63, 3.8) is 0 Å². The molecule has 0 unspecified atom stereocenters. The molecule has 5 nitrogen and oxygen atoms in total. The molecule has 6 heteroatoms. The van der Waals surface area contributed by atoms with Crippen LogP contribution >= 0.6 is 11.6 Å². The number of esters is 1. The lowest BCUT2D eigenvalue weighted by molar-refractivity contribution is -0.149. The predicted molar refractivity (Wildman–Crippen MR) is 108 cm³/mol. The molecule has 1 fully saturated rings. The number of para-hydroxylation sites is 1. The Morgan fingerprint density at radius 1 is 1.14 bits per heavy atom. The minimum absolute atomic E-state index is 0.162. The van der Waals surface area contributed by atoms with Gasteiger partial charge in [-0.05, 0) is 53.3 Å². The Labute approximate surface area is 174 Å². The molecule has 0 saturated heterocycles. The van der Waals surface area contributed by atoms with Gasteiger partial charge >= 0.3 is 5.97 Å². The van der Waals surface area contributed by atoms with E-state index in [1.165, 1.54) is 6.08 Å². The lowest BCUT2D eigenvalue weighted by atomic mass is 10.1. The zero-order valence-corrected chi connectivity index (χ0v) is 16.8. The number of hydrogen-bond donors (Lipinski definition) is 0. The summed E-state index contributed by atoms with van der Waals surface area (Å²) in [5.41, 5.74) is 0.161. The Morgan fingerprint density at radius 2 is 1.83 bits per heavy atom. The van der Waals surface area contributed by atoms with Crippen molar-refractivity contribution in [2.75, 3.05) is 0 Å². The molecule has 3 atom stereocenters. The molecule has 0 aromatic heterocycles. The molecule has 29 heavy (non-hydrogen) atoms. The summed E-state index contributed by atoms with van der Waals surface area (Å²) in [6, 6.07) is 18.2. The summed E-state index contributed by atoms with van der Waals surface area (Å²) in [6.07, 6.45) is 1.81. The van der Waals surface area contributed by atoms with Crippen molar-refractivity contribution in [3.05, 3.63) is 72.3 Å². The van der Waals surface area contributed by atoms with Gasteiger partial charge in [0.1, 0.15) is 17.6 Å². The molecular formula is C23H20ClNO4. The van der Waals surface area contributed by atoms with E-state index in [1.54, 1.807) is 30.3 Å². The smallest absolute Gasteiger partial charge is 0.311 e. The largest absolute Gasteiger partial charge is 0.457 e. The normalized spacial score (nSPS) is 20.5. The number of nitrogens with zero attached hydrogens (tertiary/aromatic N) is 1. The van der Waals surface area contributed by atoms with Gasteiger partial charge in [0.25, 0.3) is 0 Å². The molecule has 1 aliphatic rings. The summed E-state index contributed by atoms with van der Waals surface area (Å²) in [7, 11) is 0. The van der Waals surface area contributed by atoms with Crippen LogP contribution in [0, 0.1) is 28.6 Å². The second-order valence-corrected chi connectivity index (χ2v) is 7.79. The zero-order chi connectivity index (χ0) is 21.0. The molecule has 0 radical (unpaired) electrons. The van der Waals surface area contributed by atoms with Crippen LogP contribution in [0.2, 0.25) is 0 Å². The number of benzene rings is 2. The molecular weight excluding hydrogens is 390 g/mol. The maximum atomic E-state index is 12.6. The number of carbonyl (C=O) groups excluding carboxylic acids is 2. The second kappa shape index (κ2) is 8.50. The van der Waals surface area contributed by atoms with Gasteiger partial charge in [0.15, 0.2) is 0 Å². The van der Waals surface area contributed by atoms with E-state index in [-0.39, 0.29) is 11.3 Å². The average Bonchev–Trinajstić information content (AvgIpc) is 3.26. The fraction of sp³-hybridized carbons (Fsp3) is 0.261. The third-order valence-electron chi connectivity index (χ3n) is 5.09. The van der Waals surface area contributed by atoms with Crippen LogP contribution in [0.1, 0.15) is 25.5 Å². The fourth-order valence-electron chi connectivity index (χ4n) is 3.39. The molecule has 0 bridgehead atoms. The van der Waals surface area contributed by atoms with Gasteiger partial charge in [0, 0.05) is 5.56 Å². The lowest BCUT2D eigenvalue weighted by Crippen LogP contribution is -2.14. The molecule has 1 saturated carbocycles. The molecule has 0 N–H and O–H groups in total. The lowest BCUT2D eigenvalue weighted by Gasteiger charge is -2.13. The van der Waals surface area contributed by atoms with E-state index in [4.69, 9.17) is 21.1 Å². The highest BCUT2D eigenvalue weighted by atomic mass is 35.5. The van der Waals surface area contributed by atoms with Crippen LogP contribution in [0.25, 0.3) is 0 Å². The number of nitriles is 1. The Hall–Kier alpha value is -3.10. The number of carbonyl (C=O) groups is 2. The van der Waals surface area contributed by atoms with Gasteiger partial charge in [-0.15, -0.1) is 0 Å². The molecule has 0 aliphatic heterocycles. The van der Waals surface area contributed by atoms with E-state index in [2.05, 4.69) is 0 Å². The molecule has 0 amide bonds. The average molecular weight is 410 g/mol. The van der Waals surface area contributed by atoms with Gasteiger partial charge in [-0.3, -0.25) is 9.59 Å². The Balaban J connectivity index is 1.70. The van der Waals surface area contributed by atoms with Crippen molar-refractivity contribution in [2.45, 2.75) is 20.0 Å². The third kappa shape index (κ3) is 4.85. The maximum absolute atomic E-state index is 12.6. The van der Waals surface area contributed by atoms with Crippen molar-refractivity contribution >= 4 is 22.8 Å². The standard InChI is InChI=1S/C23H20ClNO4/c1-23(2)18(11-12-20(24)26)21(23)22(27)29-19(14-25)15-7-6-10-17(13-15)28-16-8-4-3-5-9-16/h3-13,18-19,21H,1-2H3/t18-,19+,21-/m0/s1. The topological polar surface area (TPSA) is 76.4 Å². The van der Waals surface area contributed by atoms with E-state index in [1.807, 2.05) is 50.2 Å². The number of ether oxygens (including phenoxy) is 2. The molecule has 3 rings (SSSR count). The van der Waals surface area contributed by atoms with Gasteiger partial charge in [0.05, 0.1) is 5.92 Å². The fourth-order valence-corrected chi connectivity index (χ4v) is 3.46. The summed E-state index contributed by atoms with van der Waals surface area (Å²) in [5.74, 6) is 0.128. The van der Waals surface area contributed by atoms with Crippen LogP contribution in [0.5, 0.6) is 11.5 Å². The summed E-state index contributed by atoms with van der Waals surface area (Å²) >= 11 is 5.33. The van der Waals surface area contributed by atoms with Crippen LogP contribution in [-0.2, 0) is 14.3 Å². The molecule has 148 valence electrons. The molecule has 2 aromatic carbocycles. The first kappa shape index (κ1) is 20.6. The number of hydrogen-bond acceptors (Lipinski definition) is 5. The van der Waals surface area contributed by atoms with Crippen LogP contribution in [0.4, 0.5) is 0 Å². The minimum Gasteiger partial charge on any atom is -0.457 e. The number of halogens is 1. The van der Waals surface area contributed by atoms with Crippen molar-refractivity contribution < 1.29 is 19.1 Å². The second-order valence-electron chi connectivity index (χ2n) is 7.42. The van der Waals surface area contributed by atoms with Gasteiger partial charge in [0.2, 0.25) is 11.3 Å². The highest BCUT2D eigenvalue weighted by molar-refractivity contribution is 6.66. The van der Waals surface area contributed by atoms with E-state index in [9.17, 15) is 14.9 Å². The summed E-state index contributed by atoms with van der Waals surface area (Å²) in [6.45, 7) is 3.81. The van der Waals surface area contributed by atoms with Gasteiger partial charge in [-0.2, -0.15) is 5.26 Å². The van der Waals surface area contributed by atoms with Crippen molar-refractivity contribution in [2.24, 2.45) is 17.3 Å². The highest BCUT2D eigenvalue weighted by Gasteiger charge is 2.61. The Bertz CT molecular complexity index is 978.